The van der Waals surface area contributed by atoms with Crippen LogP contribution in [0.3, 0.4) is 0 Å². The van der Waals surface area contributed by atoms with Gasteiger partial charge in [0, 0.05) is 12.6 Å². The third kappa shape index (κ3) is 1.43. The Bertz CT molecular complexity index is 447. The largest absolute Gasteiger partial charge is 0.306 e. The second kappa shape index (κ2) is 3.75. The SMILES string of the molecule is O=C1CNCC2CCc3cccc(Cl)c3N12. The number of nitrogens with one attached hydrogen (secondary N) is 1. The van der Waals surface area contributed by atoms with Crippen LogP contribution in [0.1, 0.15) is 12.0 Å². The number of rotatable bonds is 0. The number of amides is 1. The zero-order valence-electron chi connectivity index (χ0n) is 8.87. The maximum atomic E-state index is 11.9. The zero-order valence-corrected chi connectivity index (χ0v) is 9.63. The molecular weight excluding hydrogens is 224 g/mol. The molecule has 0 aromatic heterocycles. The second-order valence-electron chi connectivity index (χ2n) is 4.33. The number of carbonyl (C=O) groups is 1. The first-order valence-corrected chi connectivity index (χ1v) is 5.95. The first-order valence-electron chi connectivity index (χ1n) is 5.57. The molecule has 0 spiro atoms. The first kappa shape index (κ1) is 10.1. The molecule has 2 aliphatic rings. The number of aryl methyl sites for hydroxylation is 1. The molecule has 1 fully saturated rings. The molecular formula is C12H13ClN2O. The summed E-state index contributed by atoms with van der Waals surface area (Å²) in [5.41, 5.74) is 2.13. The van der Waals surface area contributed by atoms with Crippen LogP contribution in [0.25, 0.3) is 0 Å². The molecule has 3 nitrogen and oxygen atoms in total. The molecule has 2 aliphatic heterocycles. The molecule has 1 saturated heterocycles. The van der Waals surface area contributed by atoms with Crippen LogP contribution < -0.4 is 10.2 Å². The van der Waals surface area contributed by atoms with Gasteiger partial charge < -0.3 is 10.2 Å². The quantitative estimate of drug-likeness (QED) is 0.742. The molecule has 4 heteroatoms. The lowest BCUT2D eigenvalue weighted by atomic mass is 9.94. The minimum atomic E-state index is 0.130. The minimum Gasteiger partial charge on any atom is -0.306 e. The molecule has 84 valence electrons. The number of piperazine rings is 1. The molecule has 0 bridgehead atoms. The van der Waals surface area contributed by atoms with Gasteiger partial charge in [0.25, 0.3) is 0 Å². The normalized spacial score (nSPS) is 23.9. The summed E-state index contributed by atoms with van der Waals surface area (Å²) in [6, 6.07) is 6.15. The van der Waals surface area contributed by atoms with Gasteiger partial charge in [0.05, 0.1) is 17.3 Å². The standard InChI is InChI=1S/C12H13ClN2O/c13-10-3-1-2-8-4-5-9-6-14-7-11(16)15(9)12(8)10/h1-3,9,14H,4-7H2. The van der Waals surface area contributed by atoms with E-state index in [9.17, 15) is 4.79 Å². The number of anilines is 1. The lowest BCUT2D eigenvalue weighted by Gasteiger charge is -2.41. The van der Waals surface area contributed by atoms with Crippen LogP contribution in [0.15, 0.2) is 18.2 Å². The molecule has 1 N–H and O–H groups in total. The molecule has 2 heterocycles. The monoisotopic (exact) mass is 236 g/mol. The molecule has 3 rings (SSSR count). The van der Waals surface area contributed by atoms with Crippen molar-refractivity contribution in [2.24, 2.45) is 0 Å². The Morgan fingerprint density at radius 2 is 2.31 bits per heavy atom. The van der Waals surface area contributed by atoms with Gasteiger partial charge in [-0.05, 0) is 24.5 Å². The highest BCUT2D eigenvalue weighted by Gasteiger charge is 2.34. The topological polar surface area (TPSA) is 32.3 Å². The van der Waals surface area contributed by atoms with Gasteiger partial charge >= 0.3 is 0 Å². The number of hydrogen-bond donors (Lipinski definition) is 1. The molecule has 16 heavy (non-hydrogen) atoms. The van der Waals surface area contributed by atoms with Crippen molar-refractivity contribution in [1.29, 1.82) is 0 Å². The summed E-state index contributed by atoms with van der Waals surface area (Å²) in [6.07, 6.45) is 2.03. The van der Waals surface area contributed by atoms with E-state index in [-0.39, 0.29) is 11.9 Å². The number of hydrogen-bond acceptors (Lipinski definition) is 2. The Hall–Kier alpha value is -1.06. The van der Waals surface area contributed by atoms with Gasteiger partial charge in [0.1, 0.15) is 0 Å². The summed E-state index contributed by atoms with van der Waals surface area (Å²) in [6.45, 7) is 1.29. The highest BCUT2D eigenvalue weighted by Crippen LogP contribution is 2.37. The molecule has 1 atom stereocenters. The fraction of sp³-hybridized carbons (Fsp3) is 0.417. The van der Waals surface area contributed by atoms with Gasteiger partial charge in [0.2, 0.25) is 5.91 Å². The average molecular weight is 237 g/mol. The number of benzene rings is 1. The number of para-hydroxylation sites is 1. The highest BCUT2D eigenvalue weighted by molar-refractivity contribution is 6.34. The van der Waals surface area contributed by atoms with Crippen molar-refractivity contribution in [2.45, 2.75) is 18.9 Å². The van der Waals surface area contributed by atoms with Crippen molar-refractivity contribution in [1.82, 2.24) is 5.32 Å². The molecule has 1 unspecified atom stereocenters. The third-order valence-corrected chi connectivity index (χ3v) is 3.65. The third-order valence-electron chi connectivity index (χ3n) is 3.35. The van der Waals surface area contributed by atoms with E-state index in [0.29, 0.717) is 11.6 Å². The summed E-state index contributed by atoms with van der Waals surface area (Å²) in [7, 11) is 0. The zero-order chi connectivity index (χ0) is 11.1. The molecule has 1 aromatic rings. The van der Waals surface area contributed by atoms with Gasteiger partial charge in [-0.25, -0.2) is 0 Å². The number of fused-ring (bicyclic) bond motifs is 3. The fourth-order valence-corrected chi connectivity index (χ4v) is 2.90. The fourth-order valence-electron chi connectivity index (χ4n) is 2.62. The Morgan fingerprint density at radius 3 is 3.19 bits per heavy atom. The summed E-state index contributed by atoms with van der Waals surface area (Å²) >= 11 is 6.21. The first-order chi connectivity index (χ1) is 7.77. The van der Waals surface area contributed by atoms with Gasteiger partial charge in [-0.1, -0.05) is 23.7 Å². The van der Waals surface area contributed by atoms with E-state index in [1.165, 1.54) is 5.56 Å². The van der Waals surface area contributed by atoms with Crippen LogP contribution in [0.2, 0.25) is 5.02 Å². The smallest absolute Gasteiger partial charge is 0.241 e. The Labute approximate surface area is 99.4 Å². The average Bonchev–Trinajstić information content (AvgIpc) is 2.29. The van der Waals surface area contributed by atoms with E-state index in [1.54, 1.807) is 0 Å². The van der Waals surface area contributed by atoms with Crippen molar-refractivity contribution >= 4 is 23.2 Å². The predicted molar refractivity (Wildman–Crippen MR) is 63.9 cm³/mol. The van der Waals surface area contributed by atoms with Gasteiger partial charge in [-0.15, -0.1) is 0 Å². The van der Waals surface area contributed by atoms with E-state index >= 15 is 0 Å². The summed E-state index contributed by atoms with van der Waals surface area (Å²) in [5, 5.41) is 3.84. The molecule has 0 aliphatic carbocycles. The Kier molecular flexibility index (Phi) is 2.37. The van der Waals surface area contributed by atoms with Gasteiger partial charge in [-0.3, -0.25) is 4.79 Å². The predicted octanol–water partition coefficient (Wildman–Crippen LogP) is 1.59. The second-order valence-corrected chi connectivity index (χ2v) is 4.74. The van der Waals surface area contributed by atoms with Crippen molar-refractivity contribution < 1.29 is 4.79 Å². The van der Waals surface area contributed by atoms with E-state index in [2.05, 4.69) is 11.4 Å². The minimum absolute atomic E-state index is 0.130. The van der Waals surface area contributed by atoms with Crippen molar-refractivity contribution in [2.75, 3.05) is 18.0 Å². The van der Waals surface area contributed by atoms with Gasteiger partial charge in [0.15, 0.2) is 0 Å². The maximum Gasteiger partial charge on any atom is 0.241 e. The lowest BCUT2D eigenvalue weighted by Crippen LogP contribution is -2.57. The molecule has 1 amide bonds. The maximum absolute atomic E-state index is 11.9. The van der Waals surface area contributed by atoms with Gasteiger partial charge in [-0.2, -0.15) is 0 Å². The molecule has 0 saturated carbocycles. The van der Waals surface area contributed by atoms with Crippen LogP contribution in [0.5, 0.6) is 0 Å². The summed E-state index contributed by atoms with van der Waals surface area (Å²) in [5.74, 6) is 0.130. The van der Waals surface area contributed by atoms with E-state index in [0.717, 1.165) is 25.1 Å². The molecule has 1 aromatic carbocycles. The number of halogens is 1. The number of nitrogens with zero attached hydrogens (tertiary/aromatic N) is 1. The van der Waals surface area contributed by atoms with Crippen LogP contribution in [-0.4, -0.2) is 25.0 Å². The van der Waals surface area contributed by atoms with E-state index < -0.39 is 0 Å². The van der Waals surface area contributed by atoms with Crippen LogP contribution >= 0.6 is 11.6 Å². The lowest BCUT2D eigenvalue weighted by molar-refractivity contribution is -0.119. The van der Waals surface area contributed by atoms with Crippen LogP contribution in [-0.2, 0) is 11.2 Å². The van der Waals surface area contributed by atoms with Crippen LogP contribution in [0.4, 0.5) is 5.69 Å². The number of carbonyl (C=O) groups excluding carboxylic acids is 1. The Balaban J connectivity index is 2.12. The van der Waals surface area contributed by atoms with Crippen LogP contribution in [0, 0.1) is 0 Å². The Morgan fingerprint density at radius 1 is 1.44 bits per heavy atom. The van der Waals surface area contributed by atoms with Crippen molar-refractivity contribution in [3.05, 3.63) is 28.8 Å². The van der Waals surface area contributed by atoms with E-state index in [1.807, 2.05) is 17.0 Å². The van der Waals surface area contributed by atoms with Crippen molar-refractivity contribution in [3.63, 3.8) is 0 Å². The summed E-state index contributed by atoms with van der Waals surface area (Å²) < 4.78 is 0. The highest BCUT2D eigenvalue weighted by atomic mass is 35.5. The molecule has 0 radical (unpaired) electrons. The van der Waals surface area contributed by atoms with Crippen molar-refractivity contribution in [3.8, 4) is 0 Å². The van der Waals surface area contributed by atoms with E-state index in [4.69, 9.17) is 11.6 Å². The summed E-state index contributed by atoms with van der Waals surface area (Å²) in [4.78, 5) is 13.8.